The first-order chi connectivity index (χ1) is 12.3. The zero-order chi connectivity index (χ0) is 18.8. The van der Waals surface area contributed by atoms with Gasteiger partial charge in [0.2, 0.25) is 5.88 Å². The maximum Gasteiger partial charge on any atom is 0.302 e. The third kappa shape index (κ3) is 3.90. The first kappa shape index (κ1) is 18.4. The van der Waals surface area contributed by atoms with Crippen LogP contribution in [0.5, 0.6) is 11.6 Å². The van der Waals surface area contributed by atoms with Crippen molar-refractivity contribution in [3.8, 4) is 11.6 Å². The SMILES string of the molecule is O=C(COc1c(Cl)cc(Cl)cc1Cl)N=Nc1c(O)[nH]c2ccc(F)cc12. The van der Waals surface area contributed by atoms with Crippen molar-refractivity contribution in [2.45, 2.75) is 0 Å². The van der Waals surface area contributed by atoms with Crippen molar-refractivity contribution in [2.75, 3.05) is 6.61 Å². The molecule has 0 spiro atoms. The maximum absolute atomic E-state index is 13.3. The van der Waals surface area contributed by atoms with Gasteiger partial charge < -0.3 is 14.8 Å². The molecule has 0 saturated heterocycles. The number of H-pyrrole nitrogens is 1. The number of hydrogen-bond acceptors (Lipinski definition) is 4. The molecular weight excluding hydrogens is 408 g/mol. The van der Waals surface area contributed by atoms with Crippen molar-refractivity contribution in [1.82, 2.24) is 4.98 Å². The molecule has 10 heteroatoms. The van der Waals surface area contributed by atoms with Gasteiger partial charge in [0.1, 0.15) is 5.82 Å². The smallest absolute Gasteiger partial charge is 0.302 e. The molecule has 1 amide bonds. The predicted molar refractivity (Wildman–Crippen MR) is 96.4 cm³/mol. The molecular formula is C16H9Cl3FN3O3. The topological polar surface area (TPSA) is 87.0 Å². The molecule has 1 heterocycles. The molecule has 0 radical (unpaired) electrons. The average Bonchev–Trinajstić information content (AvgIpc) is 2.86. The molecule has 0 unspecified atom stereocenters. The molecule has 0 bridgehead atoms. The molecule has 0 fully saturated rings. The van der Waals surface area contributed by atoms with Crippen LogP contribution in [0.4, 0.5) is 10.1 Å². The number of carbonyl (C=O) groups is 1. The summed E-state index contributed by atoms with van der Waals surface area (Å²) >= 11 is 17.7. The van der Waals surface area contributed by atoms with E-state index in [1.54, 1.807) is 0 Å². The molecule has 1 aromatic heterocycles. The fourth-order valence-electron chi connectivity index (χ4n) is 2.17. The first-order valence-electron chi connectivity index (χ1n) is 7.07. The van der Waals surface area contributed by atoms with Crippen molar-refractivity contribution in [1.29, 1.82) is 0 Å². The van der Waals surface area contributed by atoms with Crippen molar-refractivity contribution >= 4 is 57.3 Å². The Morgan fingerprint density at radius 1 is 1.19 bits per heavy atom. The fraction of sp³-hybridized carbons (Fsp3) is 0.0625. The van der Waals surface area contributed by atoms with Crippen molar-refractivity contribution in [2.24, 2.45) is 10.2 Å². The normalized spacial score (nSPS) is 11.4. The van der Waals surface area contributed by atoms with Gasteiger partial charge in [-0.25, -0.2) is 4.39 Å². The molecule has 2 aromatic carbocycles. The van der Waals surface area contributed by atoms with Gasteiger partial charge in [-0.3, -0.25) is 4.79 Å². The number of halogens is 4. The van der Waals surface area contributed by atoms with E-state index < -0.39 is 18.3 Å². The first-order valence-corrected chi connectivity index (χ1v) is 8.20. The van der Waals surface area contributed by atoms with E-state index >= 15 is 0 Å². The highest BCUT2D eigenvalue weighted by Gasteiger charge is 2.13. The van der Waals surface area contributed by atoms with E-state index in [2.05, 4.69) is 15.2 Å². The lowest BCUT2D eigenvalue weighted by Gasteiger charge is -2.08. The Hall–Kier alpha value is -2.35. The monoisotopic (exact) mass is 415 g/mol. The lowest BCUT2D eigenvalue weighted by Crippen LogP contribution is -2.08. The third-order valence-corrected chi connectivity index (χ3v) is 4.06. The highest BCUT2D eigenvalue weighted by atomic mass is 35.5. The zero-order valence-corrected chi connectivity index (χ0v) is 15.0. The second kappa shape index (κ2) is 7.49. The molecule has 3 rings (SSSR count). The predicted octanol–water partition coefficient (Wildman–Crippen LogP) is 5.66. The van der Waals surface area contributed by atoms with Crippen LogP contribution in [0.2, 0.25) is 15.1 Å². The number of carbonyl (C=O) groups excluding carboxylic acids is 1. The molecule has 0 aliphatic carbocycles. The van der Waals surface area contributed by atoms with Crippen LogP contribution in [0.3, 0.4) is 0 Å². The van der Waals surface area contributed by atoms with E-state index in [-0.39, 0.29) is 32.7 Å². The number of ether oxygens (including phenoxy) is 1. The summed E-state index contributed by atoms with van der Waals surface area (Å²) in [5.41, 5.74) is 0.386. The molecule has 0 aliphatic heterocycles. The Morgan fingerprint density at radius 2 is 1.88 bits per heavy atom. The minimum atomic E-state index is -0.766. The van der Waals surface area contributed by atoms with Crippen LogP contribution in [0, 0.1) is 5.82 Å². The van der Waals surface area contributed by atoms with Crippen LogP contribution in [0.1, 0.15) is 0 Å². The zero-order valence-electron chi connectivity index (χ0n) is 12.8. The summed E-state index contributed by atoms with van der Waals surface area (Å²) in [5, 5.41) is 17.8. The van der Waals surface area contributed by atoms with E-state index in [0.717, 1.165) is 6.07 Å². The molecule has 2 N–H and O–H groups in total. The Kier molecular flexibility index (Phi) is 5.31. The maximum atomic E-state index is 13.3. The lowest BCUT2D eigenvalue weighted by atomic mass is 10.2. The van der Waals surface area contributed by atoms with Gasteiger partial charge >= 0.3 is 5.91 Å². The van der Waals surface area contributed by atoms with Crippen molar-refractivity contribution in [3.63, 3.8) is 0 Å². The van der Waals surface area contributed by atoms with Gasteiger partial charge in [0.05, 0.1) is 15.6 Å². The number of aromatic amines is 1. The van der Waals surface area contributed by atoms with E-state index in [1.165, 1.54) is 24.3 Å². The second-order valence-corrected chi connectivity index (χ2v) is 6.34. The van der Waals surface area contributed by atoms with E-state index in [9.17, 15) is 14.3 Å². The quantitative estimate of drug-likeness (QED) is 0.538. The van der Waals surface area contributed by atoms with Gasteiger partial charge in [-0.05, 0) is 30.3 Å². The number of azo groups is 1. The number of aromatic hydroxyl groups is 1. The summed E-state index contributed by atoms with van der Waals surface area (Å²) in [7, 11) is 0. The van der Waals surface area contributed by atoms with Gasteiger partial charge in [-0.15, -0.1) is 10.2 Å². The molecule has 3 aromatic rings. The Morgan fingerprint density at radius 3 is 2.58 bits per heavy atom. The van der Waals surface area contributed by atoms with Gasteiger partial charge in [0.25, 0.3) is 0 Å². The minimum absolute atomic E-state index is 0.0598. The van der Waals surface area contributed by atoms with E-state index in [0.29, 0.717) is 10.5 Å². The Bertz CT molecular complexity index is 1010. The number of fused-ring (bicyclic) bond motifs is 1. The van der Waals surface area contributed by atoms with Gasteiger partial charge in [0.15, 0.2) is 18.0 Å². The molecule has 0 aliphatic rings. The summed E-state index contributed by atoms with van der Waals surface area (Å²) in [4.78, 5) is 14.5. The summed E-state index contributed by atoms with van der Waals surface area (Å²) < 4.78 is 18.6. The number of nitrogens with zero attached hydrogens (tertiary/aromatic N) is 2. The second-order valence-electron chi connectivity index (χ2n) is 5.09. The van der Waals surface area contributed by atoms with Crippen LogP contribution in [-0.4, -0.2) is 22.6 Å². The number of hydrogen-bond donors (Lipinski definition) is 2. The number of aromatic nitrogens is 1. The van der Waals surface area contributed by atoms with Gasteiger partial charge in [-0.1, -0.05) is 34.8 Å². The van der Waals surface area contributed by atoms with Crippen LogP contribution in [-0.2, 0) is 4.79 Å². The molecule has 0 atom stereocenters. The highest BCUT2D eigenvalue weighted by Crippen LogP contribution is 2.37. The summed E-state index contributed by atoms with van der Waals surface area (Å²) in [6.45, 7) is -0.498. The standard InChI is InChI=1S/C16H9Cl3FN3O3/c17-7-3-10(18)15(11(19)4-7)26-6-13(24)22-23-14-9-5-8(20)1-2-12(9)21-16(14)25/h1-5,21,25H,6H2. The summed E-state index contributed by atoms with van der Waals surface area (Å²) in [6, 6.07) is 6.63. The van der Waals surface area contributed by atoms with Gasteiger partial charge in [-0.2, -0.15) is 0 Å². The van der Waals surface area contributed by atoms with Gasteiger partial charge in [0, 0.05) is 10.4 Å². The number of amides is 1. The summed E-state index contributed by atoms with van der Waals surface area (Å²) in [6.07, 6.45) is 0. The fourth-order valence-corrected chi connectivity index (χ4v) is 3.10. The molecule has 6 nitrogen and oxygen atoms in total. The van der Waals surface area contributed by atoms with Crippen LogP contribution < -0.4 is 4.74 Å². The molecule has 0 saturated carbocycles. The van der Waals surface area contributed by atoms with E-state index in [4.69, 9.17) is 39.5 Å². The van der Waals surface area contributed by atoms with Crippen molar-refractivity contribution < 1.29 is 19.0 Å². The Labute approximate surface area is 161 Å². The minimum Gasteiger partial charge on any atom is -0.493 e. The average molecular weight is 417 g/mol. The van der Waals surface area contributed by atoms with E-state index in [1.807, 2.05) is 0 Å². The summed E-state index contributed by atoms with van der Waals surface area (Å²) in [5.74, 6) is -1.54. The Balaban J connectivity index is 1.75. The number of benzene rings is 2. The highest BCUT2D eigenvalue weighted by molar-refractivity contribution is 6.40. The largest absolute Gasteiger partial charge is 0.493 e. The lowest BCUT2D eigenvalue weighted by molar-refractivity contribution is -0.120. The van der Waals surface area contributed by atoms with Crippen LogP contribution in [0.25, 0.3) is 10.9 Å². The van der Waals surface area contributed by atoms with Crippen molar-refractivity contribution in [3.05, 3.63) is 51.2 Å². The number of nitrogens with one attached hydrogen (secondary N) is 1. The third-order valence-electron chi connectivity index (χ3n) is 3.28. The number of rotatable bonds is 4. The molecule has 134 valence electrons. The van der Waals surface area contributed by atoms with Crippen LogP contribution >= 0.6 is 34.8 Å². The van der Waals surface area contributed by atoms with Crippen LogP contribution in [0.15, 0.2) is 40.6 Å². The molecule has 26 heavy (non-hydrogen) atoms.